The average Bonchev–Trinajstić information content (AvgIpc) is 3.15. The van der Waals surface area contributed by atoms with Crippen molar-refractivity contribution >= 4 is 22.8 Å². The van der Waals surface area contributed by atoms with Crippen LogP contribution in [-0.4, -0.2) is 57.8 Å². The lowest BCUT2D eigenvalue weighted by Crippen LogP contribution is -2.52. The van der Waals surface area contributed by atoms with Crippen molar-refractivity contribution in [2.24, 2.45) is 5.92 Å². The van der Waals surface area contributed by atoms with Crippen LogP contribution in [0.4, 0.5) is 0 Å². The monoisotopic (exact) mass is 356 g/mol. The lowest BCUT2D eigenvalue weighted by Gasteiger charge is -2.36. The van der Waals surface area contributed by atoms with Gasteiger partial charge in [-0.2, -0.15) is 0 Å². The third kappa shape index (κ3) is 3.89. The van der Waals surface area contributed by atoms with Crippen molar-refractivity contribution in [1.29, 1.82) is 0 Å². The Labute approximate surface area is 154 Å². The molecule has 6 heteroatoms. The van der Waals surface area contributed by atoms with Crippen LogP contribution in [0.2, 0.25) is 0 Å². The number of H-pyrrole nitrogens is 1. The zero-order valence-corrected chi connectivity index (χ0v) is 15.7. The predicted molar refractivity (Wildman–Crippen MR) is 102 cm³/mol. The number of unbranched alkanes of at least 4 members (excludes halogenated alkanes) is 1. The van der Waals surface area contributed by atoms with Gasteiger partial charge in [0.15, 0.2) is 0 Å². The van der Waals surface area contributed by atoms with E-state index in [1.165, 1.54) is 0 Å². The standard InChI is InChI=1S/C20H28N4O2/c1-3-5-6-15(4-2)19(25)23-9-11-24(12-10-23)20(26)16-7-8-17-18(13-16)22-14-21-17/h7-8,13-15H,3-6,9-12H2,1-2H3,(H,21,22). The summed E-state index contributed by atoms with van der Waals surface area (Å²) in [4.78, 5) is 36.5. The van der Waals surface area contributed by atoms with E-state index in [2.05, 4.69) is 23.8 Å². The number of nitrogens with one attached hydrogen (secondary N) is 1. The summed E-state index contributed by atoms with van der Waals surface area (Å²) in [5.74, 6) is 0.401. The van der Waals surface area contributed by atoms with Gasteiger partial charge in [-0.05, 0) is 31.0 Å². The van der Waals surface area contributed by atoms with E-state index in [0.29, 0.717) is 31.7 Å². The number of aromatic amines is 1. The quantitative estimate of drug-likeness (QED) is 0.865. The first-order valence-electron chi connectivity index (χ1n) is 9.65. The van der Waals surface area contributed by atoms with E-state index in [1.807, 2.05) is 28.0 Å². The van der Waals surface area contributed by atoms with Gasteiger partial charge in [0.25, 0.3) is 5.91 Å². The van der Waals surface area contributed by atoms with Crippen LogP contribution in [0.25, 0.3) is 11.0 Å². The third-order valence-electron chi connectivity index (χ3n) is 5.29. The zero-order chi connectivity index (χ0) is 18.5. The molecule has 1 atom stereocenters. The predicted octanol–water partition coefficient (Wildman–Crippen LogP) is 3.06. The third-order valence-corrected chi connectivity index (χ3v) is 5.29. The summed E-state index contributed by atoms with van der Waals surface area (Å²) >= 11 is 0. The van der Waals surface area contributed by atoms with Gasteiger partial charge in [-0.25, -0.2) is 4.98 Å². The smallest absolute Gasteiger partial charge is 0.254 e. The van der Waals surface area contributed by atoms with Crippen LogP contribution in [0.5, 0.6) is 0 Å². The van der Waals surface area contributed by atoms with Gasteiger partial charge >= 0.3 is 0 Å². The number of hydrogen-bond acceptors (Lipinski definition) is 3. The maximum absolute atomic E-state index is 12.8. The first-order valence-corrected chi connectivity index (χ1v) is 9.65. The van der Waals surface area contributed by atoms with Gasteiger partial charge in [0.2, 0.25) is 5.91 Å². The molecule has 1 fully saturated rings. The Balaban J connectivity index is 1.58. The molecule has 1 saturated heterocycles. The highest BCUT2D eigenvalue weighted by atomic mass is 16.2. The number of aromatic nitrogens is 2. The van der Waals surface area contributed by atoms with Crippen LogP contribution in [0.1, 0.15) is 49.9 Å². The summed E-state index contributed by atoms with van der Waals surface area (Å²) in [5.41, 5.74) is 2.39. The van der Waals surface area contributed by atoms with E-state index >= 15 is 0 Å². The fourth-order valence-electron chi connectivity index (χ4n) is 3.59. The molecule has 1 N–H and O–H groups in total. The molecule has 0 bridgehead atoms. The molecule has 2 aromatic rings. The minimum Gasteiger partial charge on any atom is -0.345 e. The molecule has 1 aliphatic rings. The molecule has 6 nitrogen and oxygen atoms in total. The molecule has 140 valence electrons. The highest BCUT2D eigenvalue weighted by molar-refractivity contribution is 5.97. The van der Waals surface area contributed by atoms with Crippen molar-refractivity contribution in [2.75, 3.05) is 26.2 Å². The van der Waals surface area contributed by atoms with Crippen LogP contribution in [0.15, 0.2) is 24.5 Å². The minimum absolute atomic E-state index is 0.0200. The summed E-state index contributed by atoms with van der Waals surface area (Å²) in [7, 11) is 0. The molecule has 0 spiro atoms. The number of amides is 2. The second kappa shape index (κ2) is 8.34. The maximum atomic E-state index is 12.8. The van der Waals surface area contributed by atoms with E-state index in [1.54, 1.807) is 6.33 Å². The number of nitrogens with zero attached hydrogens (tertiary/aromatic N) is 3. The van der Waals surface area contributed by atoms with E-state index < -0.39 is 0 Å². The SMILES string of the molecule is CCCCC(CC)C(=O)N1CCN(C(=O)c2ccc3nc[nH]c3c2)CC1. The zero-order valence-electron chi connectivity index (χ0n) is 15.7. The summed E-state index contributed by atoms with van der Waals surface area (Å²) in [6.07, 6.45) is 5.70. The Morgan fingerprint density at radius 1 is 1.15 bits per heavy atom. The van der Waals surface area contributed by atoms with E-state index in [4.69, 9.17) is 0 Å². The first-order chi connectivity index (χ1) is 12.6. The number of piperazine rings is 1. The minimum atomic E-state index is 0.0200. The fraction of sp³-hybridized carbons (Fsp3) is 0.550. The molecule has 1 aromatic carbocycles. The number of fused-ring (bicyclic) bond motifs is 1. The van der Waals surface area contributed by atoms with E-state index in [0.717, 1.165) is 36.7 Å². The number of imidazole rings is 1. The number of carbonyl (C=O) groups excluding carboxylic acids is 2. The molecule has 3 rings (SSSR count). The number of rotatable bonds is 6. The molecule has 0 radical (unpaired) electrons. The summed E-state index contributed by atoms with van der Waals surface area (Å²) in [6.45, 7) is 6.68. The molecule has 0 saturated carbocycles. The Bertz CT molecular complexity index is 762. The van der Waals surface area contributed by atoms with Gasteiger partial charge in [0.05, 0.1) is 17.4 Å². The van der Waals surface area contributed by atoms with Gasteiger partial charge in [-0.15, -0.1) is 0 Å². The topological polar surface area (TPSA) is 69.3 Å². The Morgan fingerprint density at radius 2 is 1.88 bits per heavy atom. The molecule has 1 unspecified atom stereocenters. The lowest BCUT2D eigenvalue weighted by molar-refractivity contribution is -0.137. The Hall–Kier alpha value is -2.37. The number of benzene rings is 1. The Morgan fingerprint density at radius 3 is 2.58 bits per heavy atom. The fourth-order valence-corrected chi connectivity index (χ4v) is 3.59. The van der Waals surface area contributed by atoms with Crippen molar-refractivity contribution < 1.29 is 9.59 Å². The summed E-state index contributed by atoms with van der Waals surface area (Å²) < 4.78 is 0. The number of carbonyl (C=O) groups is 2. The van der Waals surface area contributed by atoms with Crippen molar-refractivity contribution in [3.05, 3.63) is 30.1 Å². The normalized spacial score (nSPS) is 16.1. The lowest BCUT2D eigenvalue weighted by atomic mass is 9.97. The largest absolute Gasteiger partial charge is 0.345 e. The van der Waals surface area contributed by atoms with Crippen LogP contribution in [0, 0.1) is 5.92 Å². The van der Waals surface area contributed by atoms with Crippen molar-refractivity contribution in [3.63, 3.8) is 0 Å². The van der Waals surface area contributed by atoms with Gasteiger partial charge < -0.3 is 14.8 Å². The second-order valence-corrected chi connectivity index (χ2v) is 7.00. The van der Waals surface area contributed by atoms with Crippen molar-refractivity contribution in [3.8, 4) is 0 Å². The van der Waals surface area contributed by atoms with E-state index in [9.17, 15) is 9.59 Å². The summed E-state index contributed by atoms with van der Waals surface area (Å²) in [5, 5.41) is 0. The van der Waals surface area contributed by atoms with Crippen LogP contribution < -0.4 is 0 Å². The summed E-state index contributed by atoms with van der Waals surface area (Å²) in [6, 6.07) is 5.53. The van der Waals surface area contributed by atoms with Gasteiger partial charge in [-0.3, -0.25) is 9.59 Å². The van der Waals surface area contributed by atoms with Crippen molar-refractivity contribution in [1.82, 2.24) is 19.8 Å². The molecule has 26 heavy (non-hydrogen) atoms. The van der Waals surface area contributed by atoms with Crippen LogP contribution in [-0.2, 0) is 4.79 Å². The highest BCUT2D eigenvalue weighted by Gasteiger charge is 2.28. The Kier molecular flexibility index (Phi) is 5.91. The second-order valence-electron chi connectivity index (χ2n) is 7.00. The van der Waals surface area contributed by atoms with Crippen molar-refractivity contribution in [2.45, 2.75) is 39.5 Å². The molecular weight excluding hydrogens is 328 g/mol. The first kappa shape index (κ1) is 18.4. The molecule has 1 aromatic heterocycles. The highest BCUT2D eigenvalue weighted by Crippen LogP contribution is 2.19. The molecule has 2 heterocycles. The van der Waals surface area contributed by atoms with Gasteiger partial charge in [0, 0.05) is 37.7 Å². The van der Waals surface area contributed by atoms with Crippen LogP contribution in [0.3, 0.4) is 0 Å². The van der Waals surface area contributed by atoms with Crippen LogP contribution >= 0.6 is 0 Å². The maximum Gasteiger partial charge on any atom is 0.254 e. The average molecular weight is 356 g/mol. The van der Waals surface area contributed by atoms with Gasteiger partial charge in [-0.1, -0.05) is 26.7 Å². The molecular formula is C20H28N4O2. The molecule has 1 aliphatic heterocycles. The molecule has 0 aliphatic carbocycles. The van der Waals surface area contributed by atoms with Gasteiger partial charge in [0.1, 0.15) is 0 Å². The van der Waals surface area contributed by atoms with E-state index in [-0.39, 0.29) is 17.7 Å². The number of hydrogen-bond donors (Lipinski definition) is 1. The molecule has 2 amide bonds.